The van der Waals surface area contributed by atoms with Crippen LogP contribution in [-0.2, 0) is 20.7 Å². The number of nitrogens with one attached hydrogen (secondary N) is 1. The van der Waals surface area contributed by atoms with Crippen LogP contribution < -0.4 is 5.32 Å². The van der Waals surface area contributed by atoms with Crippen molar-refractivity contribution < 1.29 is 14.3 Å². The normalized spacial score (nSPS) is 20.6. The van der Waals surface area contributed by atoms with Gasteiger partial charge in [-0.2, -0.15) is 11.3 Å². The molecule has 4 nitrogen and oxygen atoms in total. The summed E-state index contributed by atoms with van der Waals surface area (Å²) in [7, 11) is 0. The average Bonchev–Trinajstić information content (AvgIpc) is 3.21. The van der Waals surface area contributed by atoms with Crippen LogP contribution in [0.1, 0.15) is 50.7 Å². The van der Waals surface area contributed by atoms with Gasteiger partial charge in [0, 0.05) is 35.7 Å². The molecule has 0 fully saturated rings. The maximum atomic E-state index is 13.2. The molecule has 0 amide bonds. The molecule has 1 N–H and O–H groups in total. The lowest BCUT2D eigenvalue weighted by Gasteiger charge is -2.39. The molecular formula is C25H27NO3S. The highest BCUT2D eigenvalue weighted by Gasteiger charge is 2.43. The van der Waals surface area contributed by atoms with Gasteiger partial charge in [0.15, 0.2) is 5.78 Å². The van der Waals surface area contributed by atoms with Crippen LogP contribution in [0.5, 0.6) is 0 Å². The molecule has 4 rings (SSSR count). The lowest BCUT2D eigenvalue weighted by Crippen LogP contribution is -2.38. The third-order valence-electron chi connectivity index (χ3n) is 5.80. The first-order valence-corrected chi connectivity index (χ1v) is 11.3. The van der Waals surface area contributed by atoms with E-state index in [1.54, 1.807) is 11.3 Å². The molecular weight excluding hydrogens is 394 g/mol. The summed E-state index contributed by atoms with van der Waals surface area (Å²) in [4.78, 5) is 26.3. The molecule has 30 heavy (non-hydrogen) atoms. The smallest absolute Gasteiger partial charge is 0.336 e. The van der Waals surface area contributed by atoms with Crippen molar-refractivity contribution in [3.63, 3.8) is 0 Å². The van der Waals surface area contributed by atoms with Crippen LogP contribution in [0.4, 0.5) is 0 Å². The molecule has 0 unspecified atom stereocenters. The minimum absolute atomic E-state index is 0.0872. The number of thiophene rings is 1. The van der Waals surface area contributed by atoms with Crippen molar-refractivity contribution >= 4 is 23.1 Å². The number of hydrogen-bond acceptors (Lipinski definition) is 5. The van der Waals surface area contributed by atoms with E-state index in [9.17, 15) is 9.59 Å². The highest BCUT2D eigenvalue weighted by atomic mass is 32.1. The SMILES string of the molecule is CC1=C(C(=O)OCCc2ccccc2)[C@@H](c2ccsc2)C2=C(CC(C)(C)CC2=O)N1. The second-order valence-electron chi connectivity index (χ2n) is 8.86. The molecule has 0 radical (unpaired) electrons. The van der Waals surface area contributed by atoms with E-state index in [4.69, 9.17) is 4.74 Å². The first kappa shape index (κ1) is 20.6. The molecule has 1 aliphatic heterocycles. The second kappa shape index (κ2) is 8.23. The number of carbonyl (C=O) groups excluding carboxylic acids is 2. The number of allylic oxidation sites excluding steroid dienone is 3. The third kappa shape index (κ3) is 4.12. The van der Waals surface area contributed by atoms with Crippen LogP contribution in [0.25, 0.3) is 0 Å². The third-order valence-corrected chi connectivity index (χ3v) is 6.50. The molecule has 1 aliphatic carbocycles. The van der Waals surface area contributed by atoms with E-state index in [-0.39, 0.29) is 23.1 Å². The van der Waals surface area contributed by atoms with Gasteiger partial charge in [-0.25, -0.2) is 4.79 Å². The van der Waals surface area contributed by atoms with E-state index in [1.807, 2.05) is 54.1 Å². The number of rotatable bonds is 5. The van der Waals surface area contributed by atoms with Crippen LogP contribution in [0.2, 0.25) is 0 Å². The van der Waals surface area contributed by atoms with E-state index >= 15 is 0 Å². The van der Waals surface area contributed by atoms with Crippen molar-refractivity contribution in [2.45, 2.75) is 46.0 Å². The highest BCUT2D eigenvalue weighted by Crippen LogP contribution is 2.47. The Balaban J connectivity index is 1.61. The second-order valence-corrected chi connectivity index (χ2v) is 9.64. The van der Waals surface area contributed by atoms with Gasteiger partial charge in [-0.15, -0.1) is 0 Å². The summed E-state index contributed by atoms with van der Waals surface area (Å²) in [6.07, 6.45) is 1.95. The van der Waals surface area contributed by atoms with Crippen LogP contribution in [0, 0.1) is 5.41 Å². The quantitative estimate of drug-likeness (QED) is 0.680. The van der Waals surface area contributed by atoms with E-state index in [0.29, 0.717) is 25.0 Å². The zero-order chi connectivity index (χ0) is 21.3. The maximum Gasteiger partial charge on any atom is 0.336 e. The summed E-state index contributed by atoms with van der Waals surface area (Å²) in [5.41, 5.74) is 5.03. The first-order chi connectivity index (χ1) is 14.4. The Kier molecular flexibility index (Phi) is 5.65. The predicted octanol–water partition coefficient (Wildman–Crippen LogP) is 5.14. The molecule has 0 saturated heterocycles. The van der Waals surface area contributed by atoms with Crippen molar-refractivity contribution in [2.75, 3.05) is 6.61 Å². The lowest BCUT2D eigenvalue weighted by molar-refractivity contribution is -0.139. The van der Waals surface area contributed by atoms with Gasteiger partial charge < -0.3 is 10.1 Å². The first-order valence-electron chi connectivity index (χ1n) is 10.3. The monoisotopic (exact) mass is 421 g/mol. The number of carbonyl (C=O) groups is 2. The molecule has 1 atom stereocenters. The number of benzene rings is 1. The molecule has 2 heterocycles. The standard InChI is InChI=1S/C25H27NO3S/c1-16-21(24(28)29-11-9-17-7-5-4-6-8-17)22(18-10-12-30-15-18)23-19(26-16)13-25(2,3)14-20(23)27/h4-8,10,12,15,22,26H,9,11,13-14H2,1-3H3/t22-/m1/s1. The summed E-state index contributed by atoms with van der Waals surface area (Å²) in [5.74, 6) is -0.594. The fourth-order valence-electron chi connectivity index (χ4n) is 4.46. The topological polar surface area (TPSA) is 55.4 Å². The summed E-state index contributed by atoms with van der Waals surface area (Å²) in [6.45, 7) is 6.44. The van der Waals surface area contributed by atoms with Crippen LogP contribution in [0.15, 0.2) is 69.7 Å². The Bertz CT molecular complexity index is 1020. The summed E-state index contributed by atoms with van der Waals surface area (Å²) < 4.78 is 5.67. The Morgan fingerprint density at radius 2 is 1.97 bits per heavy atom. The Labute approximate surface area is 181 Å². The van der Waals surface area contributed by atoms with Gasteiger partial charge in [0.1, 0.15) is 0 Å². The Hall–Kier alpha value is -2.66. The molecule has 2 aliphatic rings. The molecule has 156 valence electrons. The van der Waals surface area contributed by atoms with Gasteiger partial charge in [0.25, 0.3) is 0 Å². The number of hydrogen-bond donors (Lipinski definition) is 1. The number of esters is 1. The largest absolute Gasteiger partial charge is 0.462 e. The number of Topliss-reactive ketones (excluding diaryl/α,β-unsaturated/α-hetero) is 1. The molecule has 0 saturated carbocycles. The van der Waals surface area contributed by atoms with Crippen molar-refractivity contribution in [3.8, 4) is 0 Å². The van der Waals surface area contributed by atoms with Crippen LogP contribution >= 0.6 is 11.3 Å². The number of ketones is 1. The fraction of sp³-hybridized carbons (Fsp3) is 0.360. The van der Waals surface area contributed by atoms with E-state index in [0.717, 1.165) is 34.5 Å². The maximum absolute atomic E-state index is 13.2. The number of dihydropyridines is 1. The molecule has 1 aromatic heterocycles. The van der Waals surface area contributed by atoms with Crippen molar-refractivity contribution in [3.05, 3.63) is 80.8 Å². The molecule has 5 heteroatoms. The van der Waals surface area contributed by atoms with Gasteiger partial charge in [0.2, 0.25) is 0 Å². The fourth-order valence-corrected chi connectivity index (χ4v) is 5.15. The van der Waals surface area contributed by atoms with E-state index < -0.39 is 0 Å². The zero-order valence-corrected chi connectivity index (χ0v) is 18.5. The molecule has 0 bridgehead atoms. The zero-order valence-electron chi connectivity index (χ0n) is 17.7. The van der Waals surface area contributed by atoms with Crippen molar-refractivity contribution in [1.82, 2.24) is 5.32 Å². The minimum Gasteiger partial charge on any atom is -0.462 e. The summed E-state index contributed by atoms with van der Waals surface area (Å²) in [6, 6.07) is 12.0. The summed E-state index contributed by atoms with van der Waals surface area (Å²) in [5, 5.41) is 7.39. The minimum atomic E-state index is -0.361. The van der Waals surface area contributed by atoms with Crippen LogP contribution in [0.3, 0.4) is 0 Å². The Morgan fingerprint density at radius 3 is 2.67 bits per heavy atom. The van der Waals surface area contributed by atoms with Gasteiger partial charge >= 0.3 is 5.97 Å². The van der Waals surface area contributed by atoms with Gasteiger partial charge in [0.05, 0.1) is 12.2 Å². The van der Waals surface area contributed by atoms with Crippen molar-refractivity contribution in [1.29, 1.82) is 0 Å². The summed E-state index contributed by atoms with van der Waals surface area (Å²) >= 11 is 1.57. The average molecular weight is 422 g/mol. The van der Waals surface area contributed by atoms with Gasteiger partial charge in [-0.3, -0.25) is 4.79 Å². The molecule has 1 aromatic carbocycles. The van der Waals surface area contributed by atoms with Gasteiger partial charge in [-0.1, -0.05) is 44.2 Å². The lowest BCUT2D eigenvalue weighted by atomic mass is 9.69. The Morgan fingerprint density at radius 1 is 1.20 bits per heavy atom. The van der Waals surface area contributed by atoms with Crippen molar-refractivity contribution in [2.24, 2.45) is 5.41 Å². The number of ether oxygens (including phenoxy) is 1. The van der Waals surface area contributed by atoms with Crippen LogP contribution in [-0.4, -0.2) is 18.4 Å². The molecule has 0 spiro atoms. The van der Waals surface area contributed by atoms with E-state index in [1.165, 1.54) is 0 Å². The van der Waals surface area contributed by atoms with E-state index in [2.05, 4.69) is 19.2 Å². The predicted molar refractivity (Wildman–Crippen MR) is 119 cm³/mol. The highest BCUT2D eigenvalue weighted by molar-refractivity contribution is 7.08. The van der Waals surface area contributed by atoms with Gasteiger partial charge in [-0.05, 0) is 46.7 Å². The molecule has 2 aromatic rings.